The number of unbranched alkanes of at least 4 members (excludes halogenated alkanes) is 2. The number of carbonyl (C=O) groups excluding carboxylic acids is 1. The minimum absolute atomic E-state index is 0.330. The SMILES string of the molecule is CC[Si](C#CC#CCCCC#CC(=O)N(C)C(C)(C)C#N)(CC)CC. The van der Waals surface area contributed by atoms with Crippen LogP contribution in [0, 0.1) is 46.5 Å². The smallest absolute Gasteiger partial charge is 0.299 e. The first-order valence-corrected chi connectivity index (χ1v) is 11.6. The van der Waals surface area contributed by atoms with Crippen LogP contribution in [0.4, 0.5) is 0 Å². The maximum atomic E-state index is 11.9. The lowest BCUT2D eigenvalue weighted by Gasteiger charge is -2.26. The molecule has 0 heterocycles. The molecule has 0 aromatic heterocycles. The van der Waals surface area contributed by atoms with Crippen molar-refractivity contribution in [2.24, 2.45) is 0 Å². The maximum Gasteiger partial charge on any atom is 0.299 e. The summed E-state index contributed by atoms with van der Waals surface area (Å²) in [4.78, 5) is 13.2. The first kappa shape index (κ1) is 22.9. The first-order valence-electron chi connectivity index (χ1n) is 8.96. The standard InChI is InChI=1S/C21H30N2OSi/c1-7-25(8-2,9-3)18-16-14-12-10-11-13-15-17-20(24)23(6)21(4,5)19-22/h7-11,13H2,1-6H3. The Balaban J connectivity index is 4.37. The van der Waals surface area contributed by atoms with Crippen molar-refractivity contribution in [2.45, 2.75) is 77.6 Å². The van der Waals surface area contributed by atoms with Crippen molar-refractivity contribution in [2.75, 3.05) is 7.05 Å². The molecule has 0 aromatic carbocycles. The molecule has 0 aromatic rings. The summed E-state index contributed by atoms with van der Waals surface area (Å²) in [5.74, 6) is 14.2. The Morgan fingerprint density at radius 1 is 1.04 bits per heavy atom. The third-order valence-electron chi connectivity index (χ3n) is 4.72. The molecule has 0 rings (SSSR count). The molecule has 25 heavy (non-hydrogen) atoms. The Labute approximate surface area is 155 Å². The topological polar surface area (TPSA) is 44.1 Å². The van der Waals surface area contributed by atoms with Crippen molar-refractivity contribution in [3.8, 4) is 41.2 Å². The summed E-state index contributed by atoms with van der Waals surface area (Å²) in [5, 5.41) is 9.01. The predicted octanol–water partition coefficient (Wildman–Crippen LogP) is 3.98. The molecule has 0 aliphatic carbocycles. The minimum Gasteiger partial charge on any atom is -0.317 e. The summed E-state index contributed by atoms with van der Waals surface area (Å²) < 4.78 is 0. The molecule has 0 atom stereocenters. The predicted molar refractivity (Wildman–Crippen MR) is 107 cm³/mol. The van der Waals surface area contributed by atoms with E-state index in [2.05, 4.69) is 62.0 Å². The first-order chi connectivity index (χ1) is 11.8. The third-order valence-corrected chi connectivity index (χ3v) is 9.44. The Kier molecular flexibility index (Phi) is 10.4. The van der Waals surface area contributed by atoms with E-state index in [1.807, 2.05) is 0 Å². The van der Waals surface area contributed by atoms with Crippen molar-refractivity contribution >= 4 is 14.0 Å². The number of nitriles is 1. The van der Waals surface area contributed by atoms with Crippen molar-refractivity contribution in [1.82, 2.24) is 4.90 Å². The summed E-state index contributed by atoms with van der Waals surface area (Å²) in [6.07, 6.45) is 2.17. The van der Waals surface area contributed by atoms with Crippen molar-refractivity contribution in [3.05, 3.63) is 0 Å². The average Bonchev–Trinajstić information content (AvgIpc) is 2.63. The lowest BCUT2D eigenvalue weighted by molar-refractivity contribution is -0.126. The van der Waals surface area contributed by atoms with Gasteiger partial charge in [-0.25, -0.2) is 0 Å². The summed E-state index contributed by atoms with van der Waals surface area (Å²) in [6, 6.07) is 5.65. The number of nitrogens with zero attached hydrogens (tertiary/aromatic N) is 2. The van der Waals surface area contributed by atoms with E-state index in [-0.39, 0.29) is 5.91 Å². The minimum atomic E-state index is -1.39. The summed E-state index contributed by atoms with van der Waals surface area (Å²) >= 11 is 0. The van der Waals surface area contributed by atoms with Crippen LogP contribution in [0.3, 0.4) is 0 Å². The molecule has 1 amide bonds. The number of hydrogen-bond donors (Lipinski definition) is 0. The second kappa shape index (κ2) is 11.4. The van der Waals surface area contributed by atoms with Gasteiger partial charge in [-0.2, -0.15) is 5.26 Å². The van der Waals surface area contributed by atoms with Crippen molar-refractivity contribution in [1.29, 1.82) is 5.26 Å². The number of carbonyl (C=O) groups is 1. The van der Waals surface area contributed by atoms with Crippen LogP contribution in [0.2, 0.25) is 18.1 Å². The van der Waals surface area contributed by atoms with Crippen molar-refractivity contribution < 1.29 is 4.79 Å². The zero-order valence-electron chi connectivity index (χ0n) is 16.5. The van der Waals surface area contributed by atoms with Crippen LogP contribution in [-0.2, 0) is 4.79 Å². The molecule has 0 aliphatic rings. The van der Waals surface area contributed by atoms with E-state index in [0.29, 0.717) is 6.42 Å². The number of amides is 1. The highest BCUT2D eigenvalue weighted by atomic mass is 28.3. The van der Waals surface area contributed by atoms with E-state index < -0.39 is 13.6 Å². The fourth-order valence-electron chi connectivity index (χ4n) is 2.10. The summed E-state index contributed by atoms with van der Waals surface area (Å²) in [7, 11) is 0.202. The van der Waals surface area contributed by atoms with Gasteiger partial charge >= 0.3 is 0 Å². The normalized spacial score (nSPS) is 10.1. The fourth-order valence-corrected chi connectivity index (χ4v) is 4.46. The Morgan fingerprint density at radius 2 is 1.60 bits per heavy atom. The molecule has 3 nitrogen and oxygen atoms in total. The largest absolute Gasteiger partial charge is 0.317 e. The van der Waals surface area contributed by atoms with Gasteiger partial charge in [-0.15, -0.1) is 5.54 Å². The monoisotopic (exact) mass is 354 g/mol. The number of hydrogen-bond acceptors (Lipinski definition) is 2. The Bertz CT molecular complexity index is 656. The van der Waals surface area contributed by atoms with E-state index in [9.17, 15) is 4.79 Å². The van der Waals surface area contributed by atoms with Crippen LogP contribution in [-0.4, -0.2) is 31.5 Å². The van der Waals surface area contributed by atoms with Crippen LogP contribution in [0.5, 0.6) is 0 Å². The lowest BCUT2D eigenvalue weighted by Crippen LogP contribution is -2.43. The molecule has 0 unspecified atom stereocenters. The van der Waals surface area contributed by atoms with Crippen LogP contribution in [0.25, 0.3) is 0 Å². The average molecular weight is 355 g/mol. The summed E-state index contributed by atoms with van der Waals surface area (Å²) in [5.41, 5.74) is 2.60. The van der Waals surface area contributed by atoms with Gasteiger partial charge < -0.3 is 4.90 Å². The van der Waals surface area contributed by atoms with E-state index in [1.165, 1.54) is 23.0 Å². The summed E-state index contributed by atoms with van der Waals surface area (Å²) in [6.45, 7) is 10.1. The van der Waals surface area contributed by atoms with Gasteiger partial charge in [0.2, 0.25) is 0 Å². The molecule has 0 fully saturated rings. The van der Waals surface area contributed by atoms with Gasteiger partial charge in [0, 0.05) is 19.9 Å². The van der Waals surface area contributed by atoms with Gasteiger partial charge in [0.1, 0.15) is 13.6 Å². The quantitative estimate of drug-likeness (QED) is 0.411. The highest BCUT2D eigenvalue weighted by molar-refractivity contribution is 6.87. The van der Waals surface area contributed by atoms with Gasteiger partial charge in [0.15, 0.2) is 0 Å². The maximum absolute atomic E-state index is 11.9. The molecule has 134 valence electrons. The zero-order valence-corrected chi connectivity index (χ0v) is 17.5. The highest BCUT2D eigenvalue weighted by Crippen LogP contribution is 2.18. The van der Waals surface area contributed by atoms with E-state index in [4.69, 9.17) is 5.26 Å². The molecule has 0 aliphatic heterocycles. The van der Waals surface area contributed by atoms with Gasteiger partial charge in [-0.05, 0) is 56.2 Å². The molecule has 0 bridgehead atoms. The van der Waals surface area contributed by atoms with Gasteiger partial charge in [-0.1, -0.05) is 32.6 Å². The second-order valence-electron chi connectivity index (χ2n) is 6.58. The van der Waals surface area contributed by atoms with Gasteiger partial charge in [-0.3, -0.25) is 4.79 Å². The lowest BCUT2D eigenvalue weighted by atomic mass is 10.1. The molecule has 0 N–H and O–H groups in total. The third kappa shape index (κ3) is 7.98. The van der Waals surface area contributed by atoms with Crippen LogP contribution >= 0.6 is 0 Å². The Hall–Kier alpha value is -2.14. The molecular weight excluding hydrogens is 324 g/mol. The van der Waals surface area contributed by atoms with E-state index >= 15 is 0 Å². The Morgan fingerprint density at radius 3 is 2.12 bits per heavy atom. The molecule has 0 spiro atoms. The van der Waals surface area contributed by atoms with E-state index in [1.54, 1.807) is 20.9 Å². The van der Waals surface area contributed by atoms with Crippen LogP contribution in [0.1, 0.15) is 53.9 Å². The van der Waals surface area contributed by atoms with E-state index in [0.717, 1.165) is 12.8 Å². The zero-order chi connectivity index (χ0) is 19.3. The molecule has 0 saturated heterocycles. The second-order valence-corrected chi connectivity index (χ2v) is 11.5. The van der Waals surface area contributed by atoms with Crippen molar-refractivity contribution in [3.63, 3.8) is 0 Å². The number of rotatable bonds is 6. The molecule has 0 radical (unpaired) electrons. The fraction of sp³-hybridized carbons (Fsp3) is 0.619. The van der Waals surface area contributed by atoms with Crippen LogP contribution in [0.15, 0.2) is 0 Å². The van der Waals surface area contributed by atoms with Gasteiger partial charge in [0.25, 0.3) is 5.91 Å². The molecule has 0 saturated carbocycles. The van der Waals surface area contributed by atoms with Crippen LogP contribution < -0.4 is 0 Å². The van der Waals surface area contributed by atoms with Gasteiger partial charge in [0.05, 0.1) is 6.07 Å². The highest BCUT2D eigenvalue weighted by Gasteiger charge is 2.26. The molecular formula is C21H30N2OSi. The molecule has 4 heteroatoms.